The number of pyridine rings is 1. The van der Waals surface area contributed by atoms with Gasteiger partial charge in [0.05, 0.1) is 16.4 Å². The molecule has 0 fully saturated rings. The number of aromatic nitrogens is 1. The third kappa shape index (κ3) is 1.82. The highest BCUT2D eigenvalue weighted by Crippen LogP contribution is 2.35. The lowest BCUT2D eigenvalue weighted by Crippen LogP contribution is -2.05. The maximum atomic E-state index is 12.2. The van der Waals surface area contributed by atoms with E-state index in [1.165, 1.54) is 13.0 Å². The van der Waals surface area contributed by atoms with Gasteiger partial charge < -0.3 is 9.14 Å². The average molecular weight is 356 g/mol. The minimum atomic E-state index is -0.407. The van der Waals surface area contributed by atoms with E-state index in [4.69, 9.17) is 4.74 Å². The summed E-state index contributed by atoms with van der Waals surface area (Å²) in [4.78, 5) is 23.4. The van der Waals surface area contributed by atoms with E-state index >= 15 is 0 Å². The molecule has 0 radical (unpaired) electrons. The van der Waals surface area contributed by atoms with Crippen LogP contribution in [0.5, 0.6) is 5.75 Å². The Kier molecular flexibility index (Phi) is 2.74. The molecule has 0 aliphatic carbocycles. The zero-order valence-electron chi connectivity index (χ0n) is 11.6. The number of carbonyl (C=O) groups is 1. The van der Waals surface area contributed by atoms with Crippen molar-refractivity contribution in [2.24, 2.45) is 0 Å². The third-order valence-electron chi connectivity index (χ3n) is 3.73. The van der Waals surface area contributed by atoms with Gasteiger partial charge in [-0.2, -0.15) is 0 Å². The first-order valence-corrected chi connectivity index (χ1v) is 7.52. The molecular formula is C17H10BrNO3. The summed E-state index contributed by atoms with van der Waals surface area (Å²) >= 11 is 3.47. The Morgan fingerprint density at radius 1 is 1.09 bits per heavy atom. The van der Waals surface area contributed by atoms with Gasteiger partial charge in [-0.3, -0.25) is 9.59 Å². The van der Waals surface area contributed by atoms with Crippen LogP contribution in [0.3, 0.4) is 0 Å². The summed E-state index contributed by atoms with van der Waals surface area (Å²) in [5.74, 6) is -0.0204. The maximum Gasteiger partial charge on any atom is 0.308 e. The van der Waals surface area contributed by atoms with Crippen LogP contribution in [-0.2, 0) is 4.79 Å². The molecule has 0 bridgehead atoms. The summed E-state index contributed by atoms with van der Waals surface area (Å²) in [6, 6.07) is 10.9. The summed E-state index contributed by atoms with van der Waals surface area (Å²) in [7, 11) is 0. The number of halogens is 1. The fourth-order valence-electron chi connectivity index (χ4n) is 2.93. The van der Waals surface area contributed by atoms with E-state index in [1.54, 1.807) is 18.3 Å². The molecule has 0 aliphatic heterocycles. The number of rotatable bonds is 1. The molecule has 0 N–H and O–H groups in total. The van der Waals surface area contributed by atoms with Crippen molar-refractivity contribution in [3.8, 4) is 5.75 Å². The van der Waals surface area contributed by atoms with E-state index in [-0.39, 0.29) is 5.43 Å². The first-order chi connectivity index (χ1) is 10.5. The van der Waals surface area contributed by atoms with Crippen molar-refractivity contribution in [3.05, 3.63) is 57.3 Å². The summed E-state index contributed by atoms with van der Waals surface area (Å²) in [6.45, 7) is 1.34. The Balaban J connectivity index is 2.26. The molecule has 0 aliphatic rings. The molecule has 4 rings (SSSR count). The number of hydrogen-bond donors (Lipinski definition) is 0. The predicted molar refractivity (Wildman–Crippen MR) is 88.9 cm³/mol. The molecule has 108 valence electrons. The van der Waals surface area contributed by atoms with Crippen molar-refractivity contribution in [1.29, 1.82) is 0 Å². The number of nitrogens with zero attached hydrogens (tertiary/aromatic N) is 1. The first-order valence-electron chi connectivity index (χ1n) is 6.73. The van der Waals surface area contributed by atoms with Gasteiger partial charge in [0.15, 0.2) is 5.43 Å². The molecule has 4 aromatic rings. The highest BCUT2D eigenvalue weighted by atomic mass is 79.9. The van der Waals surface area contributed by atoms with Gasteiger partial charge in [-0.1, -0.05) is 15.9 Å². The molecule has 0 saturated heterocycles. The number of hydrogen-bond acceptors (Lipinski definition) is 3. The average Bonchev–Trinajstić information content (AvgIpc) is 2.77. The molecule has 4 nitrogen and oxygen atoms in total. The van der Waals surface area contributed by atoms with Gasteiger partial charge in [-0.05, 0) is 30.3 Å². The molecular weight excluding hydrogens is 346 g/mol. The Hall–Kier alpha value is -2.40. The summed E-state index contributed by atoms with van der Waals surface area (Å²) in [5.41, 5.74) is 1.76. The molecule has 0 atom stereocenters. The van der Waals surface area contributed by atoms with E-state index in [0.29, 0.717) is 11.1 Å². The van der Waals surface area contributed by atoms with Gasteiger partial charge in [0, 0.05) is 34.4 Å². The van der Waals surface area contributed by atoms with E-state index in [1.807, 2.05) is 22.6 Å². The van der Waals surface area contributed by atoms with E-state index in [2.05, 4.69) is 15.9 Å². The normalized spacial score (nSPS) is 11.5. The second-order valence-electron chi connectivity index (χ2n) is 5.17. The van der Waals surface area contributed by atoms with Crippen LogP contribution in [0.1, 0.15) is 6.92 Å². The Morgan fingerprint density at radius 2 is 1.86 bits per heavy atom. The van der Waals surface area contributed by atoms with Crippen molar-refractivity contribution in [2.45, 2.75) is 6.92 Å². The monoisotopic (exact) mass is 355 g/mol. The highest BCUT2D eigenvalue weighted by molar-refractivity contribution is 9.10. The standard InChI is InChI=1S/C17H10BrNO3/c1-9(20)22-11-7-13-12-6-10(18)2-3-15(12)19-5-4-16(21)14(8-11)17(13)19/h2-8H,1H3. The molecule has 2 heterocycles. The number of carbonyl (C=O) groups excluding carboxylic acids is 1. The first kappa shape index (κ1) is 13.3. The van der Waals surface area contributed by atoms with E-state index < -0.39 is 5.97 Å². The van der Waals surface area contributed by atoms with Crippen LogP contribution in [0.15, 0.2) is 51.9 Å². The van der Waals surface area contributed by atoms with Crippen LogP contribution in [0.2, 0.25) is 0 Å². The summed E-state index contributed by atoms with van der Waals surface area (Å²) < 4.78 is 8.13. The van der Waals surface area contributed by atoms with Gasteiger partial charge >= 0.3 is 5.97 Å². The van der Waals surface area contributed by atoms with Crippen molar-refractivity contribution < 1.29 is 9.53 Å². The lowest BCUT2D eigenvalue weighted by Gasteiger charge is -2.04. The van der Waals surface area contributed by atoms with Crippen LogP contribution < -0.4 is 10.2 Å². The quantitative estimate of drug-likeness (QED) is 0.386. The van der Waals surface area contributed by atoms with Gasteiger partial charge in [-0.15, -0.1) is 0 Å². The molecule has 0 saturated carbocycles. The number of fused-ring (bicyclic) bond motifs is 3. The minimum Gasteiger partial charge on any atom is -0.427 e. The van der Waals surface area contributed by atoms with Gasteiger partial charge in [0.2, 0.25) is 0 Å². The van der Waals surface area contributed by atoms with Crippen molar-refractivity contribution in [3.63, 3.8) is 0 Å². The smallest absolute Gasteiger partial charge is 0.308 e. The molecule has 5 heteroatoms. The van der Waals surface area contributed by atoms with Crippen LogP contribution in [-0.4, -0.2) is 10.4 Å². The molecule has 0 spiro atoms. The van der Waals surface area contributed by atoms with Crippen molar-refractivity contribution >= 4 is 49.1 Å². The molecule has 0 amide bonds. The highest BCUT2D eigenvalue weighted by Gasteiger charge is 2.15. The van der Waals surface area contributed by atoms with Gasteiger partial charge in [0.1, 0.15) is 5.75 Å². The van der Waals surface area contributed by atoms with E-state index in [0.717, 1.165) is 26.3 Å². The van der Waals surface area contributed by atoms with Gasteiger partial charge in [0.25, 0.3) is 0 Å². The second kappa shape index (κ2) is 4.55. The van der Waals surface area contributed by atoms with Crippen LogP contribution >= 0.6 is 15.9 Å². The van der Waals surface area contributed by atoms with Crippen LogP contribution in [0, 0.1) is 0 Å². The Labute approximate surface area is 133 Å². The lowest BCUT2D eigenvalue weighted by atomic mass is 10.1. The minimum absolute atomic E-state index is 0.0895. The number of ether oxygens (including phenoxy) is 1. The third-order valence-corrected chi connectivity index (χ3v) is 4.23. The van der Waals surface area contributed by atoms with Crippen molar-refractivity contribution in [1.82, 2.24) is 4.40 Å². The number of esters is 1. The lowest BCUT2D eigenvalue weighted by molar-refractivity contribution is -0.131. The van der Waals surface area contributed by atoms with E-state index in [9.17, 15) is 9.59 Å². The molecule has 0 unspecified atom stereocenters. The topological polar surface area (TPSA) is 47.8 Å². The predicted octanol–water partition coefficient (Wildman–Crippen LogP) is 3.73. The largest absolute Gasteiger partial charge is 0.427 e. The van der Waals surface area contributed by atoms with Gasteiger partial charge in [-0.25, -0.2) is 0 Å². The molecule has 22 heavy (non-hydrogen) atoms. The zero-order chi connectivity index (χ0) is 15.4. The number of benzene rings is 2. The Morgan fingerprint density at radius 3 is 2.64 bits per heavy atom. The zero-order valence-corrected chi connectivity index (χ0v) is 13.2. The Bertz CT molecular complexity index is 1110. The maximum absolute atomic E-state index is 12.2. The van der Waals surface area contributed by atoms with Crippen LogP contribution in [0.4, 0.5) is 0 Å². The molecule has 2 aromatic heterocycles. The molecule has 2 aromatic carbocycles. The summed E-state index contributed by atoms with van der Waals surface area (Å²) in [6.07, 6.45) is 1.78. The SMILES string of the molecule is CC(=O)Oc1cc2c(=O)ccn3c4ccc(Br)cc4c(c1)c23. The fourth-order valence-corrected chi connectivity index (χ4v) is 3.29. The summed E-state index contributed by atoms with van der Waals surface area (Å²) in [5, 5.41) is 2.44. The van der Waals surface area contributed by atoms with Crippen molar-refractivity contribution in [2.75, 3.05) is 0 Å². The second-order valence-corrected chi connectivity index (χ2v) is 6.09. The van der Waals surface area contributed by atoms with Crippen LogP contribution in [0.25, 0.3) is 27.2 Å². The fraction of sp³-hybridized carbons (Fsp3) is 0.0588.